The number of alkyl halides is 2. The predicted octanol–water partition coefficient (Wildman–Crippen LogP) is -0.543. The fourth-order valence-electron chi connectivity index (χ4n) is 0.428. The summed E-state index contributed by atoms with van der Waals surface area (Å²) >= 11 is 4.29. The molecule has 12 heavy (non-hydrogen) atoms. The highest BCUT2D eigenvalue weighted by molar-refractivity contribution is 7.92. The van der Waals surface area contributed by atoms with Crippen molar-refractivity contribution in [2.45, 2.75) is 6.43 Å². The normalized spacial score (nSPS) is 11.9. The van der Waals surface area contributed by atoms with Gasteiger partial charge in [0.25, 0.3) is 6.43 Å². The van der Waals surface area contributed by atoms with E-state index in [0.717, 1.165) is 0 Å². The van der Waals surface area contributed by atoms with E-state index >= 15 is 0 Å². The molecule has 0 fully saturated rings. The Bertz CT molecular complexity index is 252. The molecular weight excluding hydrogens is 210 g/mol. The van der Waals surface area contributed by atoms with Crippen LogP contribution in [0.15, 0.2) is 0 Å². The van der Waals surface area contributed by atoms with Crippen LogP contribution in [0.25, 0.3) is 0 Å². The van der Waals surface area contributed by atoms with Crippen molar-refractivity contribution in [1.29, 1.82) is 0 Å². The summed E-state index contributed by atoms with van der Waals surface area (Å²) in [5.41, 5.74) is 4.91. The molecule has 0 unspecified atom stereocenters. The lowest BCUT2D eigenvalue weighted by molar-refractivity contribution is 0.153. The Balaban J connectivity index is 3.98. The van der Waals surface area contributed by atoms with Crippen molar-refractivity contribution in [3.63, 3.8) is 0 Å². The molecule has 0 amide bonds. The SMILES string of the molecule is NC(=S)CS(=O)(=O)NCC(F)F. The van der Waals surface area contributed by atoms with Crippen LogP contribution in [0.3, 0.4) is 0 Å². The molecule has 0 aliphatic carbocycles. The lowest BCUT2D eigenvalue weighted by Crippen LogP contribution is -2.35. The summed E-state index contributed by atoms with van der Waals surface area (Å²) in [6.07, 6.45) is -2.72. The topological polar surface area (TPSA) is 72.2 Å². The monoisotopic (exact) mass is 218 g/mol. The van der Waals surface area contributed by atoms with Crippen molar-refractivity contribution < 1.29 is 17.2 Å². The van der Waals surface area contributed by atoms with Crippen molar-refractivity contribution in [2.75, 3.05) is 12.3 Å². The van der Waals surface area contributed by atoms with Gasteiger partial charge in [0.2, 0.25) is 10.0 Å². The number of hydrogen-bond donors (Lipinski definition) is 2. The Morgan fingerprint density at radius 1 is 1.58 bits per heavy atom. The lowest BCUT2D eigenvalue weighted by atomic mass is 10.7. The second-order valence-electron chi connectivity index (χ2n) is 1.96. The molecule has 3 N–H and O–H groups in total. The second kappa shape index (κ2) is 4.63. The van der Waals surface area contributed by atoms with Gasteiger partial charge in [0, 0.05) is 0 Å². The molecule has 0 saturated carbocycles. The number of sulfonamides is 1. The maximum atomic E-state index is 11.5. The van der Waals surface area contributed by atoms with E-state index in [1.165, 1.54) is 0 Å². The molecule has 0 aromatic rings. The molecule has 0 radical (unpaired) electrons. The number of halogens is 2. The molecule has 0 aromatic carbocycles. The Hall–Kier alpha value is -0.340. The van der Waals surface area contributed by atoms with E-state index in [4.69, 9.17) is 5.73 Å². The third-order valence-corrected chi connectivity index (χ3v) is 2.41. The highest BCUT2D eigenvalue weighted by atomic mass is 32.2. The minimum atomic E-state index is -3.77. The van der Waals surface area contributed by atoms with Crippen LogP contribution in [0.4, 0.5) is 8.78 Å². The molecule has 0 rings (SSSR count). The number of nitrogens with one attached hydrogen (secondary N) is 1. The first-order chi connectivity index (χ1) is 5.33. The minimum Gasteiger partial charge on any atom is -0.392 e. The van der Waals surface area contributed by atoms with Gasteiger partial charge in [0.15, 0.2) is 0 Å². The molecule has 0 bridgehead atoms. The Morgan fingerprint density at radius 2 is 2.08 bits per heavy atom. The quantitative estimate of drug-likeness (QED) is 0.608. The van der Waals surface area contributed by atoms with Crippen LogP contribution < -0.4 is 10.5 Å². The summed E-state index contributed by atoms with van der Waals surface area (Å²) < 4.78 is 46.1. The van der Waals surface area contributed by atoms with E-state index in [1.54, 1.807) is 4.72 Å². The van der Waals surface area contributed by atoms with Crippen molar-refractivity contribution in [3.8, 4) is 0 Å². The molecule has 0 aliphatic rings. The molecule has 0 aromatic heterocycles. The van der Waals surface area contributed by atoms with E-state index in [2.05, 4.69) is 12.2 Å². The van der Waals surface area contributed by atoms with Crippen LogP contribution in [0, 0.1) is 0 Å². The summed E-state index contributed by atoms with van der Waals surface area (Å²) in [4.78, 5) is -0.253. The summed E-state index contributed by atoms with van der Waals surface area (Å²) in [6.45, 7) is -0.912. The molecule has 0 spiro atoms. The van der Waals surface area contributed by atoms with Crippen molar-refractivity contribution >= 4 is 27.2 Å². The first-order valence-electron chi connectivity index (χ1n) is 2.87. The zero-order chi connectivity index (χ0) is 9.78. The summed E-state index contributed by atoms with van der Waals surface area (Å²) in [6, 6.07) is 0. The predicted molar refractivity (Wildman–Crippen MR) is 44.6 cm³/mol. The fourth-order valence-corrected chi connectivity index (χ4v) is 1.75. The van der Waals surface area contributed by atoms with Crippen molar-refractivity contribution in [1.82, 2.24) is 4.72 Å². The third kappa shape index (κ3) is 6.38. The van der Waals surface area contributed by atoms with E-state index in [-0.39, 0.29) is 4.99 Å². The molecule has 0 heterocycles. The van der Waals surface area contributed by atoms with Gasteiger partial charge < -0.3 is 5.73 Å². The Labute approximate surface area is 74.2 Å². The number of thiocarbonyl (C=S) groups is 1. The van der Waals surface area contributed by atoms with Crippen molar-refractivity contribution in [2.24, 2.45) is 5.73 Å². The number of hydrogen-bond acceptors (Lipinski definition) is 3. The molecule has 72 valence electrons. The van der Waals surface area contributed by atoms with Gasteiger partial charge in [-0.1, -0.05) is 12.2 Å². The van der Waals surface area contributed by atoms with Gasteiger partial charge in [-0.25, -0.2) is 21.9 Å². The highest BCUT2D eigenvalue weighted by Gasteiger charge is 2.13. The van der Waals surface area contributed by atoms with E-state index in [1.807, 2.05) is 0 Å². The van der Waals surface area contributed by atoms with Crippen LogP contribution in [0.5, 0.6) is 0 Å². The molecule has 8 heteroatoms. The zero-order valence-electron chi connectivity index (χ0n) is 5.96. The van der Waals surface area contributed by atoms with Crippen LogP contribution in [-0.2, 0) is 10.0 Å². The smallest absolute Gasteiger partial charge is 0.251 e. The minimum absolute atomic E-state index is 0.253. The van der Waals surface area contributed by atoms with Crippen LogP contribution in [-0.4, -0.2) is 32.1 Å². The van der Waals surface area contributed by atoms with Gasteiger partial charge in [-0.05, 0) is 0 Å². The first kappa shape index (κ1) is 11.7. The first-order valence-corrected chi connectivity index (χ1v) is 4.93. The van der Waals surface area contributed by atoms with Crippen LogP contribution in [0.2, 0.25) is 0 Å². The average molecular weight is 218 g/mol. The van der Waals surface area contributed by atoms with Gasteiger partial charge >= 0.3 is 0 Å². The largest absolute Gasteiger partial charge is 0.392 e. The van der Waals surface area contributed by atoms with Crippen molar-refractivity contribution in [3.05, 3.63) is 0 Å². The lowest BCUT2D eigenvalue weighted by Gasteiger charge is -2.03. The van der Waals surface area contributed by atoms with Gasteiger partial charge in [-0.2, -0.15) is 0 Å². The van der Waals surface area contributed by atoms with Gasteiger partial charge in [0.1, 0.15) is 5.75 Å². The maximum absolute atomic E-state index is 11.5. The molecule has 0 aliphatic heterocycles. The third-order valence-electron chi connectivity index (χ3n) is 0.790. The van der Waals surface area contributed by atoms with E-state index in [0.29, 0.717) is 0 Å². The Kier molecular flexibility index (Phi) is 4.50. The summed E-state index contributed by atoms with van der Waals surface area (Å²) in [7, 11) is -3.77. The molecule has 0 atom stereocenters. The second-order valence-corrected chi connectivity index (χ2v) is 4.30. The van der Waals surface area contributed by atoms with Crippen LogP contribution >= 0.6 is 12.2 Å². The van der Waals surface area contributed by atoms with Gasteiger partial charge in [-0.15, -0.1) is 0 Å². The Morgan fingerprint density at radius 3 is 2.42 bits per heavy atom. The number of nitrogens with two attached hydrogens (primary N) is 1. The van der Waals surface area contributed by atoms with Crippen LogP contribution in [0.1, 0.15) is 0 Å². The molecule has 4 nitrogen and oxygen atoms in total. The summed E-state index contributed by atoms with van der Waals surface area (Å²) in [5, 5.41) is 0. The number of rotatable bonds is 5. The zero-order valence-corrected chi connectivity index (χ0v) is 7.59. The fraction of sp³-hybridized carbons (Fsp3) is 0.750. The molecule has 0 saturated heterocycles. The average Bonchev–Trinajstić information content (AvgIpc) is 1.81. The standard InChI is InChI=1S/C4H8F2N2O2S2/c5-3(6)1-8-12(9,10)2-4(7)11/h3,8H,1-2H2,(H2,7,11). The molecular formula is C4H8F2N2O2S2. The van der Waals surface area contributed by atoms with Gasteiger partial charge in [0.05, 0.1) is 11.5 Å². The van der Waals surface area contributed by atoms with E-state index < -0.39 is 28.7 Å². The summed E-state index contributed by atoms with van der Waals surface area (Å²) in [5.74, 6) is -0.602. The maximum Gasteiger partial charge on any atom is 0.251 e. The highest BCUT2D eigenvalue weighted by Crippen LogP contribution is 1.91. The van der Waals surface area contributed by atoms with E-state index in [9.17, 15) is 17.2 Å². The van der Waals surface area contributed by atoms with Gasteiger partial charge in [-0.3, -0.25) is 0 Å².